The second-order valence-electron chi connectivity index (χ2n) is 7.41. The van der Waals surface area contributed by atoms with E-state index in [0.29, 0.717) is 0 Å². The van der Waals surface area contributed by atoms with Crippen LogP contribution < -0.4 is 0 Å². The van der Waals surface area contributed by atoms with Crippen LogP contribution in [0.15, 0.2) is 54.7 Å². The van der Waals surface area contributed by atoms with Gasteiger partial charge in [-0.2, -0.15) is 5.10 Å². The molecule has 0 N–H and O–H groups in total. The molecule has 0 aliphatic heterocycles. The Kier molecular flexibility index (Phi) is 2.67. The number of hydrogen-bond donors (Lipinski definition) is 0. The average molecular weight is 330 g/mol. The van der Waals surface area contributed by atoms with E-state index >= 15 is 0 Å². The summed E-state index contributed by atoms with van der Waals surface area (Å²) in [5, 5.41) is 8.59. The molecule has 0 fully saturated rings. The van der Waals surface area contributed by atoms with E-state index in [1.54, 1.807) is 0 Å². The van der Waals surface area contributed by atoms with E-state index in [0.717, 1.165) is 0 Å². The molecule has 0 amide bonds. The molecule has 0 spiro atoms. The minimum Gasteiger partial charge on any atom is -0.232 e. The number of hydrogen-bond acceptors (Lipinski definition) is 2. The van der Waals surface area contributed by atoms with Crippen LogP contribution in [-0.2, 0) is 5.41 Å². The van der Waals surface area contributed by atoms with Crippen molar-refractivity contribution in [3.05, 3.63) is 60.3 Å². The molecule has 0 unspecified atom stereocenters. The summed E-state index contributed by atoms with van der Waals surface area (Å²) in [4.78, 5) is 0. The van der Waals surface area contributed by atoms with Gasteiger partial charge < -0.3 is 0 Å². The van der Waals surface area contributed by atoms with E-state index < -0.39 is 0 Å². The zero-order chi connectivity index (χ0) is 16.5. The first-order valence-corrected chi connectivity index (χ1v) is 9.07. The highest BCUT2D eigenvalue weighted by Gasteiger charge is 2.18. The second kappa shape index (κ2) is 4.58. The zero-order valence-corrected chi connectivity index (χ0v) is 14.8. The summed E-state index contributed by atoms with van der Waals surface area (Å²) in [6, 6.07) is 17.7. The molecule has 118 valence electrons. The van der Waals surface area contributed by atoms with E-state index in [4.69, 9.17) is 0 Å². The van der Waals surface area contributed by atoms with Crippen molar-refractivity contribution in [3.63, 3.8) is 0 Å². The summed E-state index contributed by atoms with van der Waals surface area (Å²) in [5.74, 6) is 0. The number of thiophene rings is 1. The molecular weight excluding hydrogens is 312 g/mol. The van der Waals surface area contributed by atoms with Crippen LogP contribution in [0.1, 0.15) is 26.3 Å². The summed E-state index contributed by atoms with van der Waals surface area (Å²) in [6.45, 7) is 6.80. The van der Waals surface area contributed by atoms with Crippen LogP contribution in [0.4, 0.5) is 0 Å². The molecule has 0 saturated heterocycles. The molecule has 3 heterocycles. The normalized spacial score (nSPS) is 12.8. The summed E-state index contributed by atoms with van der Waals surface area (Å²) in [7, 11) is 0. The Morgan fingerprint density at radius 3 is 2.58 bits per heavy atom. The van der Waals surface area contributed by atoms with Gasteiger partial charge in [0.15, 0.2) is 0 Å². The van der Waals surface area contributed by atoms with Crippen molar-refractivity contribution >= 4 is 47.9 Å². The Morgan fingerprint density at radius 2 is 1.75 bits per heavy atom. The van der Waals surface area contributed by atoms with Gasteiger partial charge in [-0.05, 0) is 35.2 Å². The number of benzene rings is 2. The summed E-state index contributed by atoms with van der Waals surface area (Å²) < 4.78 is 4.75. The summed E-state index contributed by atoms with van der Waals surface area (Å²) in [6.07, 6.45) is 1.90. The Labute approximate surface area is 144 Å². The van der Waals surface area contributed by atoms with Gasteiger partial charge in [0.05, 0.1) is 21.9 Å². The van der Waals surface area contributed by atoms with E-state index in [-0.39, 0.29) is 5.41 Å². The number of pyridine rings is 1. The standard InChI is InChI=1S/C21H18N2S/c1-21(2,3)13-8-9-16-15(12-13)19-14-6-4-5-7-18(14)24-20(19)17-10-11-22-23(16)17/h4-12H,1-3H3. The lowest BCUT2D eigenvalue weighted by atomic mass is 9.86. The molecular formula is C21H18N2S. The average Bonchev–Trinajstić information content (AvgIpc) is 3.18. The van der Waals surface area contributed by atoms with E-state index in [9.17, 15) is 0 Å². The maximum absolute atomic E-state index is 4.58. The highest BCUT2D eigenvalue weighted by molar-refractivity contribution is 7.26. The summed E-state index contributed by atoms with van der Waals surface area (Å²) in [5.41, 5.74) is 3.87. The molecule has 3 heteroatoms. The van der Waals surface area contributed by atoms with Crippen LogP contribution in [-0.4, -0.2) is 9.61 Å². The molecule has 5 aromatic rings. The van der Waals surface area contributed by atoms with E-state index in [2.05, 4.69) is 78.9 Å². The van der Waals surface area contributed by atoms with Crippen LogP contribution in [0, 0.1) is 0 Å². The monoisotopic (exact) mass is 330 g/mol. The molecule has 24 heavy (non-hydrogen) atoms. The molecule has 0 aliphatic carbocycles. The maximum Gasteiger partial charge on any atom is 0.0847 e. The van der Waals surface area contributed by atoms with Gasteiger partial charge in [-0.1, -0.05) is 45.0 Å². The highest BCUT2D eigenvalue weighted by atomic mass is 32.1. The third-order valence-corrected chi connectivity index (χ3v) is 6.02. The van der Waals surface area contributed by atoms with Gasteiger partial charge in [0.2, 0.25) is 0 Å². The number of fused-ring (bicyclic) bond motifs is 8. The Balaban J connectivity index is 2.11. The van der Waals surface area contributed by atoms with Gasteiger partial charge in [0.25, 0.3) is 0 Å². The van der Waals surface area contributed by atoms with Crippen LogP contribution in [0.3, 0.4) is 0 Å². The lowest BCUT2D eigenvalue weighted by Gasteiger charge is -2.20. The molecule has 2 aromatic carbocycles. The van der Waals surface area contributed by atoms with Crippen molar-refractivity contribution in [1.29, 1.82) is 0 Å². The number of rotatable bonds is 0. The largest absolute Gasteiger partial charge is 0.232 e. The fourth-order valence-corrected chi connectivity index (χ4v) is 4.78. The predicted molar refractivity (Wildman–Crippen MR) is 104 cm³/mol. The number of nitrogens with zero attached hydrogens (tertiary/aromatic N) is 2. The SMILES string of the molecule is CC(C)(C)c1ccc2c(c1)c1c3ccccc3sc1c1ccnn21. The van der Waals surface area contributed by atoms with Gasteiger partial charge in [-0.15, -0.1) is 11.3 Å². The zero-order valence-electron chi connectivity index (χ0n) is 14.0. The molecule has 0 radical (unpaired) electrons. The molecule has 5 rings (SSSR count). The first-order chi connectivity index (χ1) is 11.5. The molecule has 0 aliphatic rings. The van der Waals surface area contributed by atoms with Crippen LogP contribution in [0.2, 0.25) is 0 Å². The lowest BCUT2D eigenvalue weighted by Crippen LogP contribution is -2.10. The highest BCUT2D eigenvalue weighted by Crippen LogP contribution is 2.41. The fourth-order valence-electron chi connectivity index (χ4n) is 3.55. The Hall–Kier alpha value is -2.39. The third-order valence-electron chi connectivity index (χ3n) is 4.83. The van der Waals surface area contributed by atoms with Crippen molar-refractivity contribution in [2.75, 3.05) is 0 Å². The van der Waals surface area contributed by atoms with Crippen LogP contribution in [0.5, 0.6) is 0 Å². The minimum absolute atomic E-state index is 0.130. The topological polar surface area (TPSA) is 17.3 Å². The van der Waals surface area contributed by atoms with Crippen LogP contribution >= 0.6 is 11.3 Å². The quantitative estimate of drug-likeness (QED) is 0.333. The van der Waals surface area contributed by atoms with Gasteiger partial charge >= 0.3 is 0 Å². The van der Waals surface area contributed by atoms with Gasteiger partial charge in [0.1, 0.15) is 0 Å². The molecule has 0 saturated carbocycles. The molecule has 2 nitrogen and oxygen atoms in total. The lowest BCUT2D eigenvalue weighted by molar-refractivity contribution is 0.591. The van der Waals surface area contributed by atoms with Gasteiger partial charge in [0, 0.05) is 20.9 Å². The first kappa shape index (κ1) is 14.0. The Morgan fingerprint density at radius 1 is 0.917 bits per heavy atom. The Bertz CT molecular complexity index is 1240. The van der Waals surface area contributed by atoms with Crippen molar-refractivity contribution in [2.24, 2.45) is 0 Å². The predicted octanol–water partition coefficient (Wildman–Crippen LogP) is 6.15. The smallest absolute Gasteiger partial charge is 0.0847 e. The molecule has 0 bridgehead atoms. The molecule has 3 aromatic heterocycles. The first-order valence-electron chi connectivity index (χ1n) is 8.25. The number of aromatic nitrogens is 2. The van der Waals surface area contributed by atoms with Gasteiger partial charge in [-0.25, -0.2) is 4.52 Å². The molecule has 0 atom stereocenters. The van der Waals surface area contributed by atoms with E-state index in [1.165, 1.54) is 42.2 Å². The second-order valence-corrected chi connectivity index (χ2v) is 8.46. The summed E-state index contributed by atoms with van der Waals surface area (Å²) >= 11 is 1.86. The minimum atomic E-state index is 0.130. The third kappa shape index (κ3) is 1.79. The van der Waals surface area contributed by atoms with Crippen LogP contribution in [0.25, 0.3) is 36.6 Å². The van der Waals surface area contributed by atoms with Crippen molar-refractivity contribution in [3.8, 4) is 0 Å². The van der Waals surface area contributed by atoms with Crippen molar-refractivity contribution < 1.29 is 0 Å². The fraction of sp³-hybridized carbons (Fsp3) is 0.190. The van der Waals surface area contributed by atoms with E-state index in [1.807, 2.05) is 17.5 Å². The van der Waals surface area contributed by atoms with Crippen molar-refractivity contribution in [2.45, 2.75) is 26.2 Å². The van der Waals surface area contributed by atoms with Crippen molar-refractivity contribution in [1.82, 2.24) is 9.61 Å². The maximum atomic E-state index is 4.58. The van der Waals surface area contributed by atoms with Gasteiger partial charge in [-0.3, -0.25) is 0 Å².